The minimum absolute atomic E-state index is 0.0298. The molecule has 0 rings (SSSR count). The van der Waals surface area contributed by atoms with Crippen molar-refractivity contribution >= 4 is 11.9 Å². The fourth-order valence-corrected chi connectivity index (χ4v) is 2.73. The molecule has 2 N–H and O–H groups in total. The summed E-state index contributed by atoms with van der Waals surface area (Å²) >= 11 is 0. The van der Waals surface area contributed by atoms with Gasteiger partial charge in [-0.15, -0.1) is 0 Å². The predicted molar refractivity (Wildman–Crippen MR) is 92.7 cm³/mol. The predicted octanol–water partition coefficient (Wildman–Crippen LogP) is 4.13. The third-order valence-electron chi connectivity index (χ3n) is 4.23. The van der Waals surface area contributed by atoms with Crippen LogP contribution in [0.3, 0.4) is 0 Å². The first-order valence-electron chi connectivity index (χ1n) is 9.34. The number of carboxylic acid groups (broad SMARTS) is 1. The first-order chi connectivity index (χ1) is 12.1. The highest BCUT2D eigenvalue weighted by Gasteiger charge is 2.25. The Bertz CT molecular complexity index is 402. The van der Waals surface area contributed by atoms with Gasteiger partial charge in [0.05, 0.1) is 6.10 Å². The fraction of sp³-hybridized carbons (Fsp3) is 0.889. The Morgan fingerprint density at radius 1 is 0.923 bits per heavy atom. The van der Waals surface area contributed by atoms with Gasteiger partial charge in [0.2, 0.25) is 5.91 Å². The molecular formula is C18H32F3NO4. The third kappa shape index (κ3) is 16.2. The Morgan fingerprint density at radius 3 is 2.08 bits per heavy atom. The molecule has 0 radical (unpaired) electrons. The van der Waals surface area contributed by atoms with Crippen LogP contribution in [0.1, 0.15) is 77.6 Å². The molecule has 0 aromatic carbocycles. The van der Waals surface area contributed by atoms with Gasteiger partial charge in [0.25, 0.3) is 0 Å². The molecule has 0 fully saturated rings. The van der Waals surface area contributed by atoms with Crippen molar-refractivity contribution in [1.29, 1.82) is 0 Å². The Labute approximate surface area is 153 Å². The van der Waals surface area contributed by atoms with Crippen LogP contribution < -0.4 is 0 Å². The number of carbonyl (C=O) groups is 2. The van der Waals surface area contributed by atoms with E-state index in [1.54, 1.807) is 4.90 Å². The van der Waals surface area contributed by atoms with Crippen LogP contribution in [0.25, 0.3) is 0 Å². The average Bonchev–Trinajstić information content (AvgIpc) is 2.51. The standard InChI is InChI=1S/C18H32F3NO4/c1-15(23)22(13-7-3-2-4-11-17(25)26)14-8-10-16(24)9-5-6-12-18(19,20)21/h16,24H,2-14H2,1H3,(H,25,26). The largest absolute Gasteiger partial charge is 0.481 e. The van der Waals surface area contributed by atoms with E-state index in [0.29, 0.717) is 45.2 Å². The number of aliphatic carboxylic acids is 1. The number of rotatable bonds is 15. The topological polar surface area (TPSA) is 77.8 Å². The number of aliphatic hydroxyl groups excluding tert-OH is 1. The van der Waals surface area contributed by atoms with Gasteiger partial charge in [-0.25, -0.2) is 0 Å². The van der Waals surface area contributed by atoms with Gasteiger partial charge in [-0.3, -0.25) is 9.59 Å². The van der Waals surface area contributed by atoms with Crippen LogP contribution in [0.4, 0.5) is 13.2 Å². The van der Waals surface area contributed by atoms with Crippen molar-refractivity contribution in [3.8, 4) is 0 Å². The summed E-state index contributed by atoms with van der Waals surface area (Å²) in [4.78, 5) is 23.7. The maximum atomic E-state index is 12.0. The first-order valence-corrected chi connectivity index (χ1v) is 9.34. The van der Waals surface area contributed by atoms with E-state index in [4.69, 9.17) is 5.11 Å². The molecule has 5 nitrogen and oxygen atoms in total. The number of halogens is 3. The van der Waals surface area contributed by atoms with E-state index < -0.39 is 24.7 Å². The smallest absolute Gasteiger partial charge is 0.389 e. The molecule has 1 atom stereocenters. The third-order valence-corrected chi connectivity index (χ3v) is 4.23. The molecule has 1 unspecified atom stereocenters. The molecule has 0 aromatic rings. The van der Waals surface area contributed by atoms with Crippen molar-refractivity contribution in [2.75, 3.05) is 13.1 Å². The van der Waals surface area contributed by atoms with Crippen LogP contribution in [-0.2, 0) is 9.59 Å². The number of hydrogen-bond donors (Lipinski definition) is 2. The lowest BCUT2D eigenvalue weighted by atomic mass is 10.1. The lowest BCUT2D eigenvalue weighted by Crippen LogP contribution is -2.31. The number of unbranched alkanes of at least 4 members (excludes halogenated alkanes) is 4. The maximum Gasteiger partial charge on any atom is 0.389 e. The summed E-state index contributed by atoms with van der Waals surface area (Å²) in [5, 5.41) is 18.4. The molecule has 0 saturated carbocycles. The number of aliphatic hydroxyl groups is 1. The van der Waals surface area contributed by atoms with Gasteiger partial charge < -0.3 is 15.1 Å². The van der Waals surface area contributed by atoms with E-state index in [1.807, 2.05) is 0 Å². The molecule has 1 amide bonds. The quantitative estimate of drug-likeness (QED) is 0.417. The van der Waals surface area contributed by atoms with Crippen LogP contribution in [0.15, 0.2) is 0 Å². The van der Waals surface area contributed by atoms with Crippen LogP contribution in [0.2, 0.25) is 0 Å². The first kappa shape index (κ1) is 24.7. The Hall–Kier alpha value is -1.31. The Balaban J connectivity index is 3.78. The average molecular weight is 383 g/mol. The minimum Gasteiger partial charge on any atom is -0.481 e. The van der Waals surface area contributed by atoms with Crippen molar-refractivity contribution < 1.29 is 33.0 Å². The molecule has 0 heterocycles. The van der Waals surface area contributed by atoms with Gasteiger partial charge in [0, 0.05) is 32.9 Å². The summed E-state index contributed by atoms with van der Waals surface area (Å²) in [5.41, 5.74) is 0. The van der Waals surface area contributed by atoms with Crippen LogP contribution in [-0.4, -0.2) is 52.4 Å². The van der Waals surface area contributed by atoms with Gasteiger partial charge in [-0.05, 0) is 38.5 Å². The summed E-state index contributed by atoms with van der Waals surface area (Å²) in [5.74, 6) is -0.845. The van der Waals surface area contributed by atoms with Crippen LogP contribution in [0, 0.1) is 0 Å². The van der Waals surface area contributed by atoms with Crippen molar-refractivity contribution in [2.45, 2.75) is 89.8 Å². The molecule has 0 aliphatic carbocycles. The second-order valence-corrected chi connectivity index (χ2v) is 6.72. The molecular weight excluding hydrogens is 351 g/mol. The second-order valence-electron chi connectivity index (χ2n) is 6.72. The number of hydrogen-bond acceptors (Lipinski definition) is 3. The monoisotopic (exact) mass is 383 g/mol. The molecule has 8 heteroatoms. The van der Waals surface area contributed by atoms with Crippen molar-refractivity contribution in [3.05, 3.63) is 0 Å². The van der Waals surface area contributed by atoms with E-state index in [9.17, 15) is 27.9 Å². The molecule has 0 aliphatic rings. The number of alkyl halides is 3. The summed E-state index contributed by atoms with van der Waals surface area (Å²) in [7, 11) is 0. The number of nitrogens with zero attached hydrogens (tertiary/aromatic N) is 1. The second kappa shape index (κ2) is 13.8. The molecule has 0 aromatic heterocycles. The lowest BCUT2D eigenvalue weighted by Gasteiger charge is -2.21. The molecule has 154 valence electrons. The van der Waals surface area contributed by atoms with Gasteiger partial charge in [0.1, 0.15) is 0 Å². The van der Waals surface area contributed by atoms with Crippen LogP contribution >= 0.6 is 0 Å². The number of carbonyl (C=O) groups excluding carboxylic acids is 1. The zero-order valence-corrected chi connectivity index (χ0v) is 15.6. The van der Waals surface area contributed by atoms with Gasteiger partial charge in [0.15, 0.2) is 0 Å². The van der Waals surface area contributed by atoms with Crippen molar-refractivity contribution in [2.24, 2.45) is 0 Å². The van der Waals surface area contributed by atoms with E-state index in [2.05, 4.69) is 0 Å². The molecule has 0 aliphatic heterocycles. The molecule has 0 spiro atoms. The number of amides is 1. The normalized spacial score (nSPS) is 12.8. The number of carboxylic acids is 1. The lowest BCUT2D eigenvalue weighted by molar-refractivity contribution is -0.137. The Morgan fingerprint density at radius 2 is 1.50 bits per heavy atom. The van der Waals surface area contributed by atoms with E-state index in [0.717, 1.165) is 19.3 Å². The van der Waals surface area contributed by atoms with E-state index in [1.165, 1.54) is 6.92 Å². The maximum absolute atomic E-state index is 12.0. The van der Waals surface area contributed by atoms with Gasteiger partial charge in [-0.1, -0.05) is 19.3 Å². The minimum atomic E-state index is -4.14. The zero-order chi connectivity index (χ0) is 20.0. The molecule has 0 saturated heterocycles. The highest BCUT2D eigenvalue weighted by atomic mass is 19.4. The van der Waals surface area contributed by atoms with E-state index in [-0.39, 0.29) is 18.7 Å². The fourth-order valence-electron chi connectivity index (χ4n) is 2.73. The summed E-state index contributed by atoms with van der Waals surface area (Å²) < 4.78 is 36.1. The zero-order valence-electron chi connectivity index (χ0n) is 15.6. The van der Waals surface area contributed by atoms with Crippen LogP contribution in [0.5, 0.6) is 0 Å². The molecule has 0 bridgehead atoms. The summed E-state index contributed by atoms with van der Waals surface area (Å²) in [6.07, 6.45) is -0.513. The SMILES string of the molecule is CC(=O)N(CCCCCCC(=O)O)CCCC(O)CCCCC(F)(F)F. The highest BCUT2D eigenvalue weighted by molar-refractivity contribution is 5.73. The van der Waals surface area contributed by atoms with Crippen molar-refractivity contribution in [3.63, 3.8) is 0 Å². The molecule has 26 heavy (non-hydrogen) atoms. The summed E-state index contributed by atoms with van der Waals surface area (Å²) in [6, 6.07) is 0. The van der Waals surface area contributed by atoms with Gasteiger partial charge in [-0.2, -0.15) is 13.2 Å². The van der Waals surface area contributed by atoms with Crippen molar-refractivity contribution in [1.82, 2.24) is 4.90 Å². The Kier molecular flexibility index (Phi) is 13.1. The van der Waals surface area contributed by atoms with E-state index >= 15 is 0 Å². The highest BCUT2D eigenvalue weighted by Crippen LogP contribution is 2.23. The summed E-state index contributed by atoms with van der Waals surface area (Å²) in [6.45, 7) is 2.60. The van der Waals surface area contributed by atoms with Gasteiger partial charge >= 0.3 is 12.1 Å².